The molecule has 2 amide bonds. The minimum absolute atomic E-state index is 0.0256. The van der Waals surface area contributed by atoms with Crippen molar-refractivity contribution in [1.82, 2.24) is 30.0 Å². The molecule has 25 heavy (non-hydrogen) atoms. The molecule has 8 heteroatoms. The molecule has 3 heterocycles. The number of carbonyl (C=O) groups is 2. The first-order valence-corrected chi connectivity index (χ1v) is 8.67. The van der Waals surface area contributed by atoms with E-state index in [-0.39, 0.29) is 17.7 Å². The van der Waals surface area contributed by atoms with Crippen molar-refractivity contribution in [1.29, 1.82) is 0 Å². The highest BCUT2D eigenvalue weighted by Crippen LogP contribution is 2.26. The Morgan fingerprint density at radius 1 is 1.44 bits per heavy atom. The predicted octanol–water partition coefficient (Wildman–Crippen LogP) is 1.28. The number of imidazole rings is 1. The van der Waals surface area contributed by atoms with E-state index in [1.807, 2.05) is 15.8 Å². The van der Waals surface area contributed by atoms with Crippen LogP contribution in [0.3, 0.4) is 0 Å². The fraction of sp³-hybridized carbons (Fsp3) is 0.529. The summed E-state index contributed by atoms with van der Waals surface area (Å²) in [7, 11) is 0. The molecule has 3 rings (SSSR count). The monoisotopic (exact) mass is 344 g/mol. The van der Waals surface area contributed by atoms with Crippen molar-refractivity contribution in [3.8, 4) is 0 Å². The van der Waals surface area contributed by atoms with Gasteiger partial charge in [-0.15, -0.1) is 0 Å². The van der Waals surface area contributed by atoms with Crippen LogP contribution < -0.4 is 5.32 Å². The number of rotatable bonds is 6. The Kier molecular flexibility index (Phi) is 5.16. The number of H-pyrrole nitrogens is 1. The van der Waals surface area contributed by atoms with Crippen molar-refractivity contribution >= 4 is 11.8 Å². The number of aryl methyl sites for hydroxylation is 1. The molecule has 2 aromatic rings. The first-order chi connectivity index (χ1) is 12.1. The average Bonchev–Trinajstić information content (AvgIpc) is 3.32. The number of likely N-dealkylation sites (tertiary alicyclic amines) is 1. The first kappa shape index (κ1) is 17.2. The Balaban J connectivity index is 1.59. The zero-order chi connectivity index (χ0) is 17.8. The third kappa shape index (κ3) is 4.07. The predicted molar refractivity (Wildman–Crippen MR) is 91.9 cm³/mol. The molecule has 0 unspecified atom stereocenters. The second-order valence-corrected chi connectivity index (χ2v) is 6.40. The normalized spacial score (nSPS) is 17.0. The molecule has 0 saturated carbocycles. The number of amides is 2. The van der Waals surface area contributed by atoms with E-state index in [1.165, 1.54) is 6.92 Å². The van der Waals surface area contributed by atoms with Crippen molar-refractivity contribution in [2.75, 3.05) is 13.1 Å². The molecule has 0 bridgehead atoms. The van der Waals surface area contributed by atoms with Gasteiger partial charge in [0.05, 0.1) is 18.4 Å². The molecule has 0 aliphatic carbocycles. The van der Waals surface area contributed by atoms with Crippen LogP contribution in [0.2, 0.25) is 0 Å². The number of hydrogen-bond acceptors (Lipinski definition) is 4. The molecule has 0 aromatic carbocycles. The van der Waals surface area contributed by atoms with Gasteiger partial charge in [0.1, 0.15) is 11.5 Å². The van der Waals surface area contributed by atoms with Crippen LogP contribution in [-0.4, -0.2) is 49.6 Å². The minimum Gasteiger partial charge on any atom is -0.351 e. The Bertz CT molecular complexity index is 750. The molecule has 1 fully saturated rings. The molecule has 0 spiro atoms. The minimum atomic E-state index is -0.0729. The maximum absolute atomic E-state index is 12.6. The van der Waals surface area contributed by atoms with E-state index in [0.29, 0.717) is 25.3 Å². The van der Waals surface area contributed by atoms with E-state index in [0.717, 1.165) is 30.9 Å². The molecule has 8 nitrogen and oxygen atoms in total. The molecule has 0 radical (unpaired) electrons. The largest absolute Gasteiger partial charge is 0.351 e. The molecule has 2 N–H and O–H groups in total. The number of aromatic nitrogens is 4. The van der Waals surface area contributed by atoms with Crippen LogP contribution in [0.1, 0.15) is 54.6 Å². The van der Waals surface area contributed by atoms with E-state index in [4.69, 9.17) is 0 Å². The summed E-state index contributed by atoms with van der Waals surface area (Å²) >= 11 is 0. The third-order valence-electron chi connectivity index (χ3n) is 4.35. The Hall–Kier alpha value is -2.64. The number of carbonyl (C=O) groups excluding carboxylic acids is 2. The van der Waals surface area contributed by atoms with E-state index >= 15 is 0 Å². The number of nitrogens with zero attached hydrogens (tertiary/aromatic N) is 4. The lowest BCUT2D eigenvalue weighted by Gasteiger charge is -2.14. The number of hydrogen-bond donors (Lipinski definition) is 2. The highest BCUT2D eigenvalue weighted by atomic mass is 16.2. The van der Waals surface area contributed by atoms with Gasteiger partial charge >= 0.3 is 0 Å². The van der Waals surface area contributed by atoms with Crippen LogP contribution in [0.5, 0.6) is 0 Å². The summed E-state index contributed by atoms with van der Waals surface area (Å²) in [5.41, 5.74) is 1.37. The van der Waals surface area contributed by atoms with Crippen LogP contribution >= 0.6 is 0 Å². The number of nitrogens with one attached hydrogen (secondary N) is 2. The van der Waals surface area contributed by atoms with Crippen molar-refractivity contribution in [3.63, 3.8) is 0 Å². The van der Waals surface area contributed by atoms with Crippen LogP contribution in [0.15, 0.2) is 18.5 Å². The molecular formula is C17H24N6O2. The summed E-state index contributed by atoms with van der Waals surface area (Å²) in [4.78, 5) is 33.1. The molecular weight excluding hydrogens is 320 g/mol. The molecule has 134 valence electrons. The molecule has 1 atom stereocenters. The van der Waals surface area contributed by atoms with Gasteiger partial charge in [-0.05, 0) is 18.9 Å². The fourth-order valence-corrected chi connectivity index (χ4v) is 3.05. The zero-order valence-corrected chi connectivity index (χ0v) is 14.7. The van der Waals surface area contributed by atoms with Gasteiger partial charge in [-0.1, -0.05) is 6.92 Å². The summed E-state index contributed by atoms with van der Waals surface area (Å²) in [6.07, 6.45) is 5.45. The van der Waals surface area contributed by atoms with E-state index in [9.17, 15) is 9.59 Å². The van der Waals surface area contributed by atoms with Crippen molar-refractivity contribution in [2.24, 2.45) is 0 Å². The van der Waals surface area contributed by atoms with Gasteiger partial charge in [0.25, 0.3) is 5.91 Å². The quantitative estimate of drug-likeness (QED) is 0.825. The second-order valence-electron chi connectivity index (χ2n) is 6.40. The summed E-state index contributed by atoms with van der Waals surface area (Å²) in [5.74, 6) is 0.957. The van der Waals surface area contributed by atoms with Crippen molar-refractivity contribution < 1.29 is 9.59 Å². The van der Waals surface area contributed by atoms with Gasteiger partial charge in [0.15, 0.2) is 0 Å². The average molecular weight is 344 g/mol. The van der Waals surface area contributed by atoms with Gasteiger partial charge in [0.2, 0.25) is 5.91 Å². The first-order valence-electron chi connectivity index (χ1n) is 8.67. The van der Waals surface area contributed by atoms with Crippen molar-refractivity contribution in [2.45, 2.75) is 45.7 Å². The zero-order valence-electron chi connectivity index (χ0n) is 14.7. The standard InChI is InChI=1S/C17H24N6O2/c1-3-6-23-8-5-15(21-23)17(25)22-7-4-13(11-22)16-19-10-14(20-16)9-18-12(2)24/h5,8,10,13H,3-4,6-7,9,11H2,1-2H3,(H,18,24)(H,19,20)/t13-/m0/s1. The van der Waals surface area contributed by atoms with E-state index in [2.05, 4.69) is 27.3 Å². The van der Waals surface area contributed by atoms with Gasteiger partial charge < -0.3 is 15.2 Å². The van der Waals surface area contributed by atoms with Gasteiger partial charge in [-0.3, -0.25) is 14.3 Å². The smallest absolute Gasteiger partial charge is 0.274 e. The van der Waals surface area contributed by atoms with E-state index < -0.39 is 0 Å². The topological polar surface area (TPSA) is 95.9 Å². The third-order valence-corrected chi connectivity index (χ3v) is 4.35. The lowest BCUT2D eigenvalue weighted by Crippen LogP contribution is -2.29. The molecule has 1 aliphatic heterocycles. The van der Waals surface area contributed by atoms with Crippen LogP contribution in [0, 0.1) is 0 Å². The van der Waals surface area contributed by atoms with Crippen LogP contribution in [0.4, 0.5) is 0 Å². The summed E-state index contributed by atoms with van der Waals surface area (Å²) in [6.45, 7) is 6.15. The lowest BCUT2D eigenvalue weighted by atomic mass is 10.1. The van der Waals surface area contributed by atoms with Gasteiger partial charge in [-0.25, -0.2) is 4.98 Å². The highest BCUT2D eigenvalue weighted by Gasteiger charge is 2.30. The second kappa shape index (κ2) is 7.50. The highest BCUT2D eigenvalue weighted by molar-refractivity contribution is 5.92. The lowest BCUT2D eigenvalue weighted by molar-refractivity contribution is -0.119. The van der Waals surface area contributed by atoms with Crippen LogP contribution in [0.25, 0.3) is 0 Å². The molecule has 2 aromatic heterocycles. The number of aromatic amines is 1. The maximum atomic E-state index is 12.6. The SMILES string of the molecule is CCCn1ccc(C(=O)N2CC[C@H](c3ncc(CNC(C)=O)[nH]3)C2)n1. The van der Waals surface area contributed by atoms with Gasteiger partial charge in [-0.2, -0.15) is 5.10 Å². The summed E-state index contributed by atoms with van der Waals surface area (Å²) < 4.78 is 1.81. The fourth-order valence-electron chi connectivity index (χ4n) is 3.05. The van der Waals surface area contributed by atoms with E-state index in [1.54, 1.807) is 12.3 Å². The van der Waals surface area contributed by atoms with Gasteiger partial charge in [0, 0.05) is 38.7 Å². The maximum Gasteiger partial charge on any atom is 0.274 e. The summed E-state index contributed by atoms with van der Waals surface area (Å²) in [5, 5.41) is 7.09. The Labute approximate surface area is 146 Å². The molecule has 1 saturated heterocycles. The Morgan fingerprint density at radius 3 is 3.04 bits per heavy atom. The van der Waals surface area contributed by atoms with Crippen LogP contribution in [-0.2, 0) is 17.9 Å². The summed E-state index contributed by atoms with van der Waals surface area (Å²) in [6, 6.07) is 1.78. The Morgan fingerprint density at radius 2 is 2.28 bits per heavy atom. The molecule has 1 aliphatic rings. The van der Waals surface area contributed by atoms with Crippen molar-refractivity contribution in [3.05, 3.63) is 35.7 Å².